The van der Waals surface area contributed by atoms with E-state index in [0.29, 0.717) is 16.8 Å². The normalized spacial score (nSPS) is 10.9. The summed E-state index contributed by atoms with van der Waals surface area (Å²) in [6, 6.07) is 15.1. The second-order valence-electron chi connectivity index (χ2n) is 5.75. The zero-order valence-electron chi connectivity index (χ0n) is 14.8. The Morgan fingerprint density at radius 1 is 1.22 bits per heavy atom. The van der Waals surface area contributed by atoms with Gasteiger partial charge in [0.25, 0.3) is 0 Å². The lowest BCUT2D eigenvalue weighted by atomic mass is 10.2. The van der Waals surface area contributed by atoms with Crippen molar-refractivity contribution < 1.29 is 9.53 Å². The molecule has 1 amide bonds. The van der Waals surface area contributed by atoms with Gasteiger partial charge in [-0.15, -0.1) is 11.3 Å². The number of aromatic nitrogens is 1. The Balaban J connectivity index is 1.62. The van der Waals surface area contributed by atoms with Crippen molar-refractivity contribution in [3.05, 3.63) is 70.6 Å². The standard InChI is InChI=1S/C21H19ClN2O2S/c1-2-13-26-17-10-7-16(8-11-17)19-14-27-21(23-19)24-20(25)12-9-15-5-3-4-6-18(15)22/h3-12,14H,2,13H2,1H3,(H,23,24,25). The predicted molar refractivity (Wildman–Crippen MR) is 112 cm³/mol. The fourth-order valence-corrected chi connectivity index (χ4v) is 3.25. The minimum absolute atomic E-state index is 0.251. The molecule has 0 fully saturated rings. The maximum atomic E-state index is 12.1. The van der Waals surface area contributed by atoms with Crippen LogP contribution in [0.2, 0.25) is 5.02 Å². The molecule has 1 heterocycles. The van der Waals surface area contributed by atoms with Gasteiger partial charge >= 0.3 is 0 Å². The van der Waals surface area contributed by atoms with Crippen molar-refractivity contribution in [2.45, 2.75) is 13.3 Å². The van der Waals surface area contributed by atoms with E-state index in [2.05, 4.69) is 17.2 Å². The summed E-state index contributed by atoms with van der Waals surface area (Å²) in [5.74, 6) is 0.591. The molecule has 0 spiro atoms. The van der Waals surface area contributed by atoms with Crippen molar-refractivity contribution in [3.63, 3.8) is 0 Å². The average molecular weight is 399 g/mol. The maximum Gasteiger partial charge on any atom is 0.250 e. The van der Waals surface area contributed by atoms with Crippen LogP contribution in [0.15, 0.2) is 60.0 Å². The molecular formula is C21H19ClN2O2S. The highest BCUT2D eigenvalue weighted by Crippen LogP contribution is 2.26. The van der Waals surface area contributed by atoms with Gasteiger partial charge in [0, 0.05) is 22.0 Å². The monoisotopic (exact) mass is 398 g/mol. The fraction of sp³-hybridized carbons (Fsp3) is 0.143. The van der Waals surface area contributed by atoms with Crippen LogP contribution in [0, 0.1) is 0 Å². The Kier molecular flexibility index (Phi) is 6.63. The lowest BCUT2D eigenvalue weighted by Crippen LogP contribution is -2.07. The molecule has 0 aliphatic heterocycles. The van der Waals surface area contributed by atoms with Gasteiger partial charge in [-0.25, -0.2) is 4.98 Å². The number of hydrogen-bond donors (Lipinski definition) is 1. The van der Waals surface area contributed by atoms with Crippen LogP contribution < -0.4 is 10.1 Å². The highest BCUT2D eigenvalue weighted by Gasteiger charge is 2.07. The van der Waals surface area contributed by atoms with Crippen molar-refractivity contribution in [3.8, 4) is 17.0 Å². The van der Waals surface area contributed by atoms with Crippen LogP contribution in [0.1, 0.15) is 18.9 Å². The Morgan fingerprint density at radius 2 is 2.00 bits per heavy atom. The number of nitrogens with zero attached hydrogens (tertiary/aromatic N) is 1. The minimum Gasteiger partial charge on any atom is -0.494 e. The summed E-state index contributed by atoms with van der Waals surface area (Å²) in [5.41, 5.74) is 2.58. The quantitative estimate of drug-likeness (QED) is 0.504. The Morgan fingerprint density at radius 3 is 2.74 bits per heavy atom. The number of benzene rings is 2. The number of rotatable bonds is 7. The average Bonchev–Trinajstić information content (AvgIpc) is 3.14. The molecule has 2 aromatic carbocycles. The molecule has 0 radical (unpaired) electrons. The van der Waals surface area contributed by atoms with E-state index in [1.807, 2.05) is 47.8 Å². The number of anilines is 1. The lowest BCUT2D eigenvalue weighted by molar-refractivity contribution is -0.111. The van der Waals surface area contributed by atoms with Crippen molar-refractivity contribution in [2.75, 3.05) is 11.9 Å². The second-order valence-corrected chi connectivity index (χ2v) is 7.02. The number of carbonyl (C=O) groups excluding carboxylic acids is 1. The number of hydrogen-bond acceptors (Lipinski definition) is 4. The molecule has 6 heteroatoms. The Labute approximate surface area is 167 Å². The van der Waals surface area contributed by atoms with Gasteiger partial charge in [-0.2, -0.15) is 0 Å². The molecule has 0 saturated carbocycles. The van der Waals surface area contributed by atoms with Crippen LogP contribution in [0.3, 0.4) is 0 Å². The van der Waals surface area contributed by atoms with E-state index < -0.39 is 0 Å². The maximum absolute atomic E-state index is 12.1. The van der Waals surface area contributed by atoms with Gasteiger partial charge in [-0.05, 0) is 48.4 Å². The summed E-state index contributed by atoms with van der Waals surface area (Å²) in [5, 5.41) is 5.83. The largest absolute Gasteiger partial charge is 0.494 e. The molecule has 27 heavy (non-hydrogen) atoms. The predicted octanol–water partition coefficient (Wildman–Crippen LogP) is 5.90. The first-order valence-electron chi connectivity index (χ1n) is 8.58. The molecule has 0 saturated heterocycles. The van der Waals surface area contributed by atoms with E-state index in [0.717, 1.165) is 29.0 Å². The summed E-state index contributed by atoms with van der Waals surface area (Å²) in [6.07, 6.45) is 4.10. The van der Waals surface area contributed by atoms with Crippen molar-refractivity contribution in [1.82, 2.24) is 4.98 Å². The van der Waals surface area contributed by atoms with E-state index in [4.69, 9.17) is 16.3 Å². The molecule has 0 unspecified atom stereocenters. The summed E-state index contributed by atoms with van der Waals surface area (Å²) < 4.78 is 5.58. The van der Waals surface area contributed by atoms with Crippen molar-refractivity contribution in [1.29, 1.82) is 0 Å². The summed E-state index contributed by atoms with van der Waals surface area (Å²) in [7, 11) is 0. The van der Waals surface area contributed by atoms with E-state index >= 15 is 0 Å². The molecule has 3 aromatic rings. The number of halogens is 1. The molecule has 1 aromatic heterocycles. The number of nitrogens with one attached hydrogen (secondary N) is 1. The number of carbonyl (C=O) groups is 1. The van der Waals surface area contributed by atoms with Crippen LogP contribution >= 0.6 is 22.9 Å². The highest BCUT2D eigenvalue weighted by molar-refractivity contribution is 7.14. The second kappa shape index (κ2) is 9.35. The van der Waals surface area contributed by atoms with Crippen molar-refractivity contribution in [2.24, 2.45) is 0 Å². The van der Waals surface area contributed by atoms with Gasteiger partial charge in [-0.3, -0.25) is 10.1 Å². The molecule has 4 nitrogen and oxygen atoms in total. The first kappa shape index (κ1) is 19.1. The van der Waals surface area contributed by atoms with Gasteiger partial charge in [-0.1, -0.05) is 36.7 Å². The zero-order chi connectivity index (χ0) is 19.1. The Hall–Kier alpha value is -2.63. The van der Waals surface area contributed by atoms with Crippen LogP contribution in [-0.4, -0.2) is 17.5 Å². The third-order valence-corrected chi connectivity index (χ3v) is 4.78. The summed E-state index contributed by atoms with van der Waals surface area (Å²) in [6.45, 7) is 2.77. The summed E-state index contributed by atoms with van der Waals surface area (Å²) >= 11 is 7.46. The smallest absolute Gasteiger partial charge is 0.250 e. The van der Waals surface area contributed by atoms with E-state index in [-0.39, 0.29) is 5.91 Å². The number of ether oxygens (including phenoxy) is 1. The first-order valence-corrected chi connectivity index (χ1v) is 9.84. The summed E-state index contributed by atoms with van der Waals surface area (Å²) in [4.78, 5) is 16.6. The third-order valence-electron chi connectivity index (χ3n) is 3.68. The Bertz CT molecular complexity index is 935. The fourth-order valence-electron chi connectivity index (χ4n) is 2.33. The van der Waals surface area contributed by atoms with Crippen LogP contribution in [0.5, 0.6) is 5.75 Å². The van der Waals surface area contributed by atoms with Gasteiger partial charge in [0.15, 0.2) is 5.13 Å². The SMILES string of the molecule is CCCOc1ccc(-c2csc(NC(=O)C=Cc3ccccc3Cl)n2)cc1. The lowest BCUT2D eigenvalue weighted by Gasteiger charge is -2.04. The zero-order valence-corrected chi connectivity index (χ0v) is 16.4. The molecule has 0 atom stereocenters. The van der Waals surface area contributed by atoms with Gasteiger partial charge < -0.3 is 4.74 Å². The molecule has 0 aliphatic carbocycles. The van der Waals surface area contributed by atoms with E-state index in [1.54, 1.807) is 12.1 Å². The van der Waals surface area contributed by atoms with Crippen molar-refractivity contribution >= 4 is 40.1 Å². The van der Waals surface area contributed by atoms with E-state index in [9.17, 15) is 4.79 Å². The topological polar surface area (TPSA) is 51.2 Å². The number of thiazole rings is 1. The molecular weight excluding hydrogens is 380 g/mol. The van der Waals surface area contributed by atoms with E-state index in [1.165, 1.54) is 17.4 Å². The molecule has 1 N–H and O–H groups in total. The molecule has 0 aliphatic rings. The molecule has 0 bridgehead atoms. The van der Waals surface area contributed by atoms with Gasteiger partial charge in [0.1, 0.15) is 5.75 Å². The molecule has 3 rings (SSSR count). The van der Waals surface area contributed by atoms with Gasteiger partial charge in [0.2, 0.25) is 5.91 Å². The highest BCUT2D eigenvalue weighted by atomic mass is 35.5. The molecule has 138 valence electrons. The van der Waals surface area contributed by atoms with Crippen LogP contribution in [-0.2, 0) is 4.79 Å². The van der Waals surface area contributed by atoms with Crippen LogP contribution in [0.4, 0.5) is 5.13 Å². The third kappa shape index (κ3) is 5.42. The first-order chi connectivity index (χ1) is 13.2. The minimum atomic E-state index is -0.251. The number of amides is 1. The van der Waals surface area contributed by atoms with Crippen LogP contribution in [0.25, 0.3) is 17.3 Å². The van der Waals surface area contributed by atoms with Gasteiger partial charge in [0.05, 0.1) is 12.3 Å².